The molecule has 0 aliphatic rings. The van der Waals surface area contributed by atoms with Crippen molar-refractivity contribution in [2.45, 2.75) is 18.7 Å². The summed E-state index contributed by atoms with van der Waals surface area (Å²) in [6.07, 6.45) is 0. The number of rotatable bonds is 7. The predicted octanol–water partition coefficient (Wildman–Crippen LogP) is 3.57. The lowest BCUT2D eigenvalue weighted by Gasteiger charge is -2.10. The molecule has 0 spiro atoms. The van der Waals surface area contributed by atoms with Gasteiger partial charge in [0, 0.05) is 10.5 Å². The summed E-state index contributed by atoms with van der Waals surface area (Å²) in [6, 6.07) is 6.45. The van der Waals surface area contributed by atoms with Crippen LogP contribution >= 0.6 is 12.6 Å². The zero-order valence-corrected chi connectivity index (χ0v) is 17.3. The molecule has 0 aliphatic carbocycles. The summed E-state index contributed by atoms with van der Waals surface area (Å²) in [7, 11) is 0. The summed E-state index contributed by atoms with van der Waals surface area (Å²) in [4.78, 5) is 48.6. The Morgan fingerprint density at radius 3 is 2.06 bits per heavy atom. The van der Waals surface area contributed by atoms with E-state index in [1.54, 1.807) is 19.1 Å². The highest BCUT2D eigenvalue weighted by molar-refractivity contribution is 7.80. The van der Waals surface area contributed by atoms with Crippen molar-refractivity contribution in [3.8, 4) is 17.1 Å². The molecule has 0 radical (unpaired) electrons. The molecular weight excluding hydrogens is 446 g/mol. The van der Waals surface area contributed by atoms with Gasteiger partial charge in [0.2, 0.25) is 0 Å². The van der Waals surface area contributed by atoms with E-state index in [2.05, 4.69) is 33.1 Å². The lowest BCUT2D eigenvalue weighted by Crippen LogP contribution is -2.13. The third-order valence-electron chi connectivity index (χ3n) is 4.02. The van der Waals surface area contributed by atoms with E-state index in [0.717, 1.165) is 5.56 Å². The molecule has 1 aromatic heterocycles. The Hall–Kier alpha value is -4.40. The number of nitrogens with one attached hydrogen (secondary N) is 1. The van der Waals surface area contributed by atoms with Crippen LogP contribution in [0.3, 0.4) is 0 Å². The van der Waals surface area contributed by atoms with Crippen LogP contribution in [0.25, 0.3) is 11.4 Å². The molecule has 0 saturated carbocycles. The summed E-state index contributed by atoms with van der Waals surface area (Å²) >= 11 is 4.40. The van der Waals surface area contributed by atoms with Crippen LogP contribution in [0.5, 0.6) is 5.75 Å². The normalized spacial score (nSPS) is 10.5. The molecule has 1 heterocycles. The molecule has 0 unspecified atom stereocenters. The monoisotopic (exact) mass is 459 g/mol. The fourth-order valence-corrected chi connectivity index (χ4v) is 3.02. The van der Waals surface area contributed by atoms with Gasteiger partial charge in [-0.2, -0.15) is 15.4 Å². The van der Waals surface area contributed by atoms with Gasteiger partial charge in [0.25, 0.3) is 11.6 Å². The second-order valence-electron chi connectivity index (χ2n) is 6.34. The van der Waals surface area contributed by atoms with Crippen molar-refractivity contribution < 1.29 is 19.6 Å². The minimum atomic E-state index is -1.04. The topological polar surface area (TPSA) is 189 Å². The number of benzene rings is 2. The molecule has 0 saturated heterocycles. The van der Waals surface area contributed by atoms with E-state index < -0.39 is 37.6 Å². The Kier molecular flexibility index (Phi) is 6.10. The van der Waals surface area contributed by atoms with Crippen molar-refractivity contribution in [3.05, 3.63) is 72.1 Å². The smallest absolute Gasteiger partial charge is 0.328 e. The summed E-state index contributed by atoms with van der Waals surface area (Å²) in [5, 5.41) is 33.7. The molecule has 164 valence electrons. The zero-order chi connectivity index (χ0) is 23.6. The highest BCUT2D eigenvalue weighted by Gasteiger charge is 2.33. The number of non-ortho nitro benzene ring substituents is 1. The van der Waals surface area contributed by atoms with Gasteiger partial charge in [-0.1, -0.05) is 6.07 Å². The molecule has 2 aromatic carbocycles. The Bertz CT molecular complexity index is 1230. The number of aromatic nitrogens is 3. The van der Waals surface area contributed by atoms with Crippen LogP contribution < -0.4 is 10.3 Å². The van der Waals surface area contributed by atoms with Crippen molar-refractivity contribution in [3.63, 3.8) is 0 Å². The molecule has 0 fully saturated rings. The number of aryl methyl sites for hydroxylation is 2. The van der Waals surface area contributed by atoms with E-state index in [0.29, 0.717) is 22.6 Å². The van der Waals surface area contributed by atoms with Gasteiger partial charge in [0.05, 0.1) is 26.9 Å². The summed E-state index contributed by atoms with van der Waals surface area (Å²) in [5.74, 6) is -0.596. The molecule has 3 aromatic rings. The predicted molar refractivity (Wildman–Crippen MR) is 113 cm³/mol. The molecule has 0 atom stereocenters. The number of nitrogens with zero attached hydrogens (tertiary/aromatic N) is 6. The minimum Gasteiger partial charge on any atom is -0.364 e. The van der Waals surface area contributed by atoms with E-state index in [4.69, 9.17) is 4.84 Å². The molecule has 14 nitrogen and oxygen atoms in total. The molecule has 0 bridgehead atoms. The molecular formula is C17H13N7O7S. The maximum Gasteiger partial charge on any atom is 0.328 e. The second-order valence-corrected chi connectivity index (χ2v) is 6.82. The largest absolute Gasteiger partial charge is 0.364 e. The van der Waals surface area contributed by atoms with Crippen molar-refractivity contribution in [2.24, 2.45) is 0 Å². The Balaban J connectivity index is 2.01. The third-order valence-corrected chi connectivity index (χ3v) is 4.39. The van der Waals surface area contributed by atoms with Crippen LogP contribution in [0.15, 0.2) is 35.2 Å². The van der Waals surface area contributed by atoms with Gasteiger partial charge in [-0.15, -0.1) is 12.6 Å². The van der Waals surface area contributed by atoms with E-state index in [1.165, 1.54) is 0 Å². The van der Waals surface area contributed by atoms with Gasteiger partial charge in [0.1, 0.15) is 5.82 Å². The van der Waals surface area contributed by atoms with E-state index in [9.17, 15) is 30.3 Å². The fourth-order valence-electron chi connectivity index (χ4n) is 2.64. The van der Waals surface area contributed by atoms with Crippen LogP contribution in [-0.2, 0) is 0 Å². The van der Waals surface area contributed by atoms with Crippen LogP contribution in [0.4, 0.5) is 23.0 Å². The number of hydrogen-bond donors (Lipinski definition) is 2. The Labute approximate surface area is 184 Å². The van der Waals surface area contributed by atoms with Gasteiger partial charge in [-0.25, -0.2) is 4.98 Å². The molecule has 15 heteroatoms. The van der Waals surface area contributed by atoms with E-state index in [-0.39, 0.29) is 17.6 Å². The lowest BCUT2D eigenvalue weighted by molar-refractivity contribution is -0.404. The number of nitro benzene ring substituents is 3. The average Bonchev–Trinajstić information content (AvgIpc) is 2.70. The lowest BCUT2D eigenvalue weighted by atomic mass is 10.1. The number of anilines is 1. The highest BCUT2D eigenvalue weighted by atomic mass is 32.1. The Morgan fingerprint density at radius 2 is 1.53 bits per heavy atom. The summed E-state index contributed by atoms with van der Waals surface area (Å²) in [6.45, 7) is 3.44. The average molecular weight is 459 g/mol. The maximum absolute atomic E-state index is 11.3. The molecule has 32 heavy (non-hydrogen) atoms. The standard InChI is InChI=1S/C17H13N7O7S/c1-8-3-4-11(14(32)5-8)16-18-9(2)19-17(20-16)21-31-15-12(23(27)28)6-10(22(25)26)7-13(15)24(29)30/h3-7,32H,1-2H3,(H,18,19,20,21). The zero-order valence-electron chi connectivity index (χ0n) is 16.4. The van der Waals surface area contributed by atoms with Gasteiger partial charge in [-0.3, -0.25) is 30.3 Å². The number of nitro groups is 3. The van der Waals surface area contributed by atoms with Gasteiger partial charge >= 0.3 is 17.1 Å². The van der Waals surface area contributed by atoms with Crippen LogP contribution in [0, 0.1) is 44.2 Å². The van der Waals surface area contributed by atoms with Crippen molar-refractivity contribution in [1.82, 2.24) is 15.0 Å². The molecule has 0 amide bonds. The summed E-state index contributed by atoms with van der Waals surface area (Å²) in [5.41, 5.74) is 0.938. The quantitative estimate of drug-likeness (QED) is 0.298. The van der Waals surface area contributed by atoms with Gasteiger partial charge in [-0.05, 0) is 31.5 Å². The molecule has 3 rings (SSSR count). The summed E-state index contributed by atoms with van der Waals surface area (Å²) < 4.78 is 0. The number of thiol groups is 1. The Morgan fingerprint density at radius 1 is 0.906 bits per heavy atom. The van der Waals surface area contributed by atoms with Crippen molar-refractivity contribution in [1.29, 1.82) is 0 Å². The second kappa shape index (κ2) is 8.76. The van der Waals surface area contributed by atoms with Crippen LogP contribution in [0.1, 0.15) is 11.4 Å². The van der Waals surface area contributed by atoms with Crippen LogP contribution in [-0.4, -0.2) is 29.7 Å². The number of hydrogen-bond acceptors (Lipinski definition) is 12. The fraction of sp³-hybridized carbons (Fsp3) is 0.118. The molecule has 1 N–H and O–H groups in total. The first-order chi connectivity index (χ1) is 15.1. The van der Waals surface area contributed by atoms with Crippen molar-refractivity contribution >= 4 is 35.6 Å². The first-order valence-corrected chi connectivity index (χ1v) is 9.08. The SMILES string of the molecule is Cc1ccc(-c2nc(C)nc(NOc3c([N+](=O)[O-])cc([N+](=O)[O-])cc3[N+](=O)[O-])n2)c(S)c1. The van der Waals surface area contributed by atoms with Gasteiger partial charge < -0.3 is 4.84 Å². The minimum absolute atomic E-state index is 0.206. The van der Waals surface area contributed by atoms with E-state index in [1.807, 2.05) is 13.0 Å². The van der Waals surface area contributed by atoms with Gasteiger partial charge in [0.15, 0.2) is 5.82 Å². The van der Waals surface area contributed by atoms with Crippen molar-refractivity contribution in [2.75, 3.05) is 5.48 Å². The van der Waals surface area contributed by atoms with E-state index >= 15 is 0 Å². The van der Waals surface area contributed by atoms with Crippen LogP contribution in [0.2, 0.25) is 0 Å². The molecule has 0 aliphatic heterocycles. The third kappa shape index (κ3) is 4.67. The maximum atomic E-state index is 11.3. The first kappa shape index (κ1) is 22.3. The highest BCUT2D eigenvalue weighted by Crippen LogP contribution is 2.40. The first-order valence-electron chi connectivity index (χ1n) is 8.63.